The topological polar surface area (TPSA) is 75.6 Å². The predicted molar refractivity (Wildman–Crippen MR) is 86.4 cm³/mol. The van der Waals surface area contributed by atoms with Gasteiger partial charge in [0.25, 0.3) is 0 Å². The molecule has 0 radical (unpaired) electrons. The minimum absolute atomic E-state index is 0.0910. The van der Waals surface area contributed by atoms with Crippen LogP contribution in [0.3, 0.4) is 0 Å². The first-order chi connectivity index (χ1) is 11.1. The second-order valence-electron chi connectivity index (χ2n) is 6.59. The maximum atomic E-state index is 12.3. The zero-order chi connectivity index (χ0) is 16.2. The summed E-state index contributed by atoms with van der Waals surface area (Å²) in [6, 6.07) is 7.46. The summed E-state index contributed by atoms with van der Waals surface area (Å²) >= 11 is 0. The zero-order valence-corrected chi connectivity index (χ0v) is 13.2. The Bertz CT molecular complexity index is 580. The van der Waals surface area contributed by atoms with Gasteiger partial charge in [0.15, 0.2) is 0 Å². The highest BCUT2D eigenvalue weighted by Crippen LogP contribution is 2.32. The average Bonchev–Trinajstić information content (AvgIpc) is 3.18. The number of hydrogen-bond donors (Lipinski definition) is 2. The molecule has 2 N–H and O–H groups in total. The summed E-state index contributed by atoms with van der Waals surface area (Å²) in [5.74, 6) is -0.707. The number of benzene rings is 1. The smallest absolute Gasteiger partial charge is 0.306 e. The normalized spacial score (nSPS) is 24.5. The number of carbonyl (C=O) groups is 2. The van der Waals surface area contributed by atoms with E-state index in [9.17, 15) is 9.59 Å². The summed E-state index contributed by atoms with van der Waals surface area (Å²) in [7, 11) is 0. The van der Waals surface area contributed by atoms with Gasteiger partial charge < -0.3 is 15.2 Å². The number of carbonyl (C=O) groups excluding carboxylic acids is 1. The predicted octanol–water partition coefficient (Wildman–Crippen LogP) is 3.45. The second kappa shape index (κ2) is 7.02. The highest BCUT2D eigenvalue weighted by atomic mass is 16.5. The molecule has 5 nitrogen and oxygen atoms in total. The zero-order valence-electron chi connectivity index (χ0n) is 13.2. The molecule has 0 heterocycles. The Kier molecular flexibility index (Phi) is 4.84. The molecule has 3 rings (SSSR count). The molecule has 1 aromatic rings. The van der Waals surface area contributed by atoms with Crippen LogP contribution in [0.1, 0.15) is 44.9 Å². The minimum atomic E-state index is -0.799. The number of amides is 1. The van der Waals surface area contributed by atoms with Crippen LogP contribution in [-0.4, -0.2) is 23.1 Å². The van der Waals surface area contributed by atoms with Crippen LogP contribution in [0.2, 0.25) is 0 Å². The number of aliphatic carboxylic acids is 1. The lowest BCUT2D eigenvalue weighted by molar-refractivity contribution is -0.141. The third-order valence-electron chi connectivity index (χ3n) is 4.86. The molecule has 0 unspecified atom stereocenters. The van der Waals surface area contributed by atoms with Crippen LogP contribution < -0.4 is 10.1 Å². The molecule has 2 atom stereocenters. The van der Waals surface area contributed by atoms with Crippen molar-refractivity contribution in [3.05, 3.63) is 24.3 Å². The van der Waals surface area contributed by atoms with Crippen molar-refractivity contribution in [2.24, 2.45) is 11.8 Å². The van der Waals surface area contributed by atoms with E-state index < -0.39 is 5.97 Å². The van der Waals surface area contributed by atoms with E-state index in [1.807, 2.05) is 24.3 Å². The first kappa shape index (κ1) is 15.8. The van der Waals surface area contributed by atoms with Gasteiger partial charge in [0.05, 0.1) is 12.0 Å². The highest BCUT2D eigenvalue weighted by Gasteiger charge is 2.33. The van der Waals surface area contributed by atoms with Gasteiger partial charge in [-0.3, -0.25) is 9.59 Å². The second-order valence-corrected chi connectivity index (χ2v) is 6.59. The van der Waals surface area contributed by atoms with Crippen LogP contribution in [0.25, 0.3) is 0 Å². The van der Waals surface area contributed by atoms with E-state index in [1.165, 1.54) is 12.8 Å². The quantitative estimate of drug-likeness (QED) is 0.872. The molecular weight excluding hydrogens is 294 g/mol. The standard InChI is InChI=1S/C18H23NO4/c20-17(12-8-9-13(10-12)18(21)22)19-14-4-3-7-16(11-14)23-15-5-1-2-6-15/h3-4,7,11-13,15H,1-2,5-6,8-10H2,(H,19,20)(H,21,22)/t12-,13+/m0/s1. The Morgan fingerprint density at radius 1 is 1.09 bits per heavy atom. The van der Waals surface area contributed by atoms with Gasteiger partial charge in [0.1, 0.15) is 5.75 Å². The van der Waals surface area contributed by atoms with Crippen molar-refractivity contribution in [1.29, 1.82) is 0 Å². The molecule has 2 fully saturated rings. The number of hydrogen-bond acceptors (Lipinski definition) is 3. The Morgan fingerprint density at radius 3 is 2.52 bits per heavy atom. The molecule has 0 aromatic heterocycles. The van der Waals surface area contributed by atoms with Crippen LogP contribution >= 0.6 is 0 Å². The monoisotopic (exact) mass is 317 g/mol. The number of anilines is 1. The summed E-state index contributed by atoms with van der Waals surface area (Å²) in [6.07, 6.45) is 6.55. The third-order valence-corrected chi connectivity index (χ3v) is 4.86. The summed E-state index contributed by atoms with van der Waals surface area (Å²) in [6.45, 7) is 0. The van der Waals surface area contributed by atoms with E-state index in [4.69, 9.17) is 9.84 Å². The molecule has 2 aliphatic carbocycles. The molecule has 0 bridgehead atoms. The van der Waals surface area contributed by atoms with Gasteiger partial charge in [-0.15, -0.1) is 0 Å². The lowest BCUT2D eigenvalue weighted by atomic mass is 10.0. The Morgan fingerprint density at radius 2 is 1.83 bits per heavy atom. The highest BCUT2D eigenvalue weighted by molar-refractivity contribution is 5.93. The van der Waals surface area contributed by atoms with Gasteiger partial charge in [0.2, 0.25) is 5.91 Å². The van der Waals surface area contributed by atoms with Crippen molar-refractivity contribution in [2.45, 2.75) is 51.0 Å². The number of carboxylic acids is 1. The van der Waals surface area contributed by atoms with Crippen molar-refractivity contribution >= 4 is 17.6 Å². The molecule has 0 saturated heterocycles. The van der Waals surface area contributed by atoms with Gasteiger partial charge >= 0.3 is 5.97 Å². The minimum Gasteiger partial charge on any atom is -0.490 e. The van der Waals surface area contributed by atoms with Crippen LogP contribution in [0.5, 0.6) is 5.75 Å². The summed E-state index contributed by atoms with van der Waals surface area (Å²) in [5, 5.41) is 11.9. The summed E-state index contributed by atoms with van der Waals surface area (Å²) in [4.78, 5) is 23.3. The van der Waals surface area contributed by atoms with Crippen molar-refractivity contribution < 1.29 is 19.4 Å². The first-order valence-electron chi connectivity index (χ1n) is 8.42. The number of carboxylic acid groups (broad SMARTS) is 1. The Hall–Kier alpha value is -2.04. The van der Waals surface area contributed by atoms with Gasteiger partial charge in [-0.25, -0.2) is 0 Å². The van der Waals surface area contributed by atoms with Crippen LogP contribution in [-0.2, 0) is 9.59 Å². The van der Waals surface area contributed by atoms with Crippen LogP contribution in [0.4, 0.5) is 5.69 Å². The molecule has 5 heteroatoms. The number of rotatable bonds is 5. The van der Waals surface area contributed by atoms with Crippen LogP contribution in [0, 0.1) is 11.8 Å². The SMILES string of the molecule is O=C(O)[C@@H]1CC[C@H](C(=O)Nc2cccc(OC3CCCC3)c2)C1. The fourth-order valence-corrected chi connectivity index (χ4v) is 3.53. The molecule has 124 valence electrons. The largest absolute Gasteiger partial charge is 0.490 e. The van der Waals surface area contributed by atoms with Crippen molar-refractivity contribution in [3.8, 4) is 5.75 Å². The van der Waals surface area contributed by atoms with Crippen molar-refractivity contribution in [3.63, 3.8) is 0 Å². The van der Waals surface area contributed by atoms with E-state index >= 15 is 0 Å². The lowest BCUT2D eigenvalue weighted by Gasteiger charge is -2.15. The van der Waals surface area contributed by atoms with Gasteiger partial charge in [-0.05, 0) is 57.1 Å². The van der Waals surface area contributed by atoms with Gasteiger partial charge in [0, 0.05) is 17.7 Å². The van der Waals surface area contributed by atoms with E-state index in [1.54, 1.807) is 0 Å². The number of nitrogens with one attached hydrogen (secondary N) is 1. The van der Waals surface area contributed by atoms with Gasteiger partial charge in [-0.2, -0.15) is 0 Å². The van der Waals surface area contributed by atoms with Gasteiger partial charge in [-0.1, -0.05) is 6.07 Å². The molecule has 2 aliphatic rings. The summed E-state index contributed by atoms with van der Waals surface area (Å²) < 4.78 is 5.94. The third kappa shape index (κ3) is 4.03. The molecule has 0 spiro atoms. The number of ether oxygens (including phenoxy) is 1. The summed E-state index contributed by atoms with van der Waals surface area (Å²) in [5.41, 5.74) is 0.712. The van der Waals surface area contributed by atoms with E-state index in [0.717, 1.165) is 18.6 Å². The Labute approximate surface area is 136 Å². The molecule has 1 amide bonds. The van der Waals surface area contributed by atoms with Crippen molar-refractivity contribution in [2.75, 3.05) is 5.32 Å². The lowest BCUT2D eigenvalue weighted by Crippen LogP contribution is -2.21. The van der Waals surface area contributed by atoms with E-state index in [2.05, 4.69) is 5.32 Å². The molecular formula is C18H23NO4. The van der Waals surface area contributed by atoms with Crippen molar-refractivity contribution in [1.82, 2.24) is 0 Å². The maximum Gasteiger partial charge on any atom is 0.306 e. The van der Waals surface area contributed by atoms with Crippen LogP contribution in [0.15, 0.2) is 24.3 Å². The maximum absolute atomic E-state index is 12.3. The average molecular weight is 317 g/mol. The molecule has 0 aliphatic heterocycles. The molecule has 2 saturated carbocycles. The van der Waals surface area contributed by atoms with E-state index in [0.29, 0.717) is 24.9 Å². The molecule has 1 aromatic carbocycles. The Balaban J connectivity index is 1.57. The first-order valence-corrected chi connectivity index (χ1v) is 8.42. The van der Waals surface area contributed by atoms with E-state index in [-0.39, 0.29) is 23.8 Å². The fraction of sp³-hybridized carbons (Fsp3) is 0.556. The fourth-order valence-electron chi connectivity index (χ4n) is 3.53. The molecule has 23 heavy (non-hydrogen) atoms.